The lowest BCUT2D eigenvalue weighted by Crippen LogP contribution is -2.51. The molecule has 6 nitrogen and oxygen atoms in total. The molecule has 168 valence electrons. The maximum absolute atomic E-state index is 13.3. The fraction of sp³-hybridized carbons (Fsp3) is 0.560. The number of imide groups is 1. The third-order valence-electron chi connectivity index (χ3n) is 5.94. The van der Waals surface area contributed by atoms with Crippen LogP contribution in [0.1, 0.15) is 65.5 Å². The van der Waals surface area contributed by atoms with Crippen molar-refractivity contribution in [3.63, 3.8) is 0 Å². The molecule has 1 N–H and O–H groups in total. The molecule has 1 aromatic rings. The van der Waals surface area contributed by atoms with Gasteiger partial charge in [0.25, 0.3) is 0 Å². The second-order valence-corrected chi connectivity index (χ2v) is 9.32. The predicted molar refractivity (Wildman–Crippen MR) is 119 cm³/mol. The van der Waals surface area contributed by atoms with Gasteiger partial charge in [-0.25, -0.2) is 0 Å². The lowest BCUT2D eigenvalue weighted by Gasteiger charge is -2.29. The van der Waals surface area contributed by atoms with Crippen LogP contribution in [0.25, 0.3) is 0 Å². The van der Waals surface area contributed by atoms with E-state index in [-0.39, 0.29) is 47.6 Å². The van der Waals surface area contributed by atoms with Gasteiger partial charge in [-0.2, -0.15) is 0 Å². The molecule has 3 rings (SSSR count). The summed E-state index contributed by atoms with van der Waals surface area (Å²) in [6.45, 7) is 9.82. The van der Waals surface area contributed by atoms with Crippen LogP contribution in [-0.2, 0) is 14.4 Å². The second-order valence-electron chi connectivity index (χ2n) is 9.32. The van der Waals surface area contributed by atoms with Gasteiger partial charge in [0, 0.05) is 0 Å². The number of allylic oxidation sites excluding steroid dienone is 2. The number of rotatable bonds is 8. The summed E-state index contributed by atoms with van der Waals surface area (Å²) in [6.07, 6.45) is 5.56. The number of nitrogens with zero attached hydrogens (tertiary/aromatic N) is 1. The standard InChI is InChI=1S/C25H34N2O4/c1-15(2)13-22(27-24(29)20-11-6-7-12-21(20)25(27)30)23(28)26-17(5)18-9-8-10-19(14-18)31-16(3)4/h6-10,14-17,20-22H,11-13H2,1-5H3,(H,26,28)/t17-,20-,21-,22-/m1/s1. The Morgan fingerprint density at radius 3 is 2.23 bits per heavy atom. The van der Waals surface area contributed by atoms with Crippen molar-refractivity contribution in [1.29, 1.82) is 0 Å². The minimum atomic E-state index is -0.789. The van der Waals surface area contributed by atoms with Crippen molar-refractivity contribution < 1.29 is 19.1 Å². The molecule has 0 saturated carbocycles. The monoisotopic (exact) mass is 426 g/mol. The average Bonchev–Trinajstić information content (AvgIpc) is 2.96. The first kappa shape index (κ1) is 23.0. The van der Waals surface area contributed by atoms with Gasteiger partial charge in [-0.3, -0.25) is 19.3 Å². The molecule has 1 aromatic carbocycles. The molecule has 0 bridgehead atoms. The van der Waals surface area contributed by atoms with Crippen molar-refractivity contribution in [2.75, 3.05) is 0 Å². The van der Waals surface area contributed by atoms with Gasteiger partial charge in [-0.1, -0.05) is 38.1 Å². The molecule has 6 heteroatoms. The Bertz CT molecular complexity index is 835. The Balaban J connectivity index is 1.78. The van der Waals surface area contributed by atoms with Crippen molar-refractivity contribution in [3.8, 4) is 5.75 Å². The largest absolute Gasteiger partial charge is 0.491 e. The molecule has 1 saturated heterocycles. The number of ether oxygens (including phenoxy) is 1. The maximum Gasteiger partial charge on any atom is 0.243 e. The molecule has 0 aromatic heterocycles. The third kappa shape index (κ3) is 5.17. The highest BCUT2D eigenvalue weighted by Crippen LogP contribution is 2.37. The van der Waals surface area contributed by atoms with Crippen LogP contribution in [0.15, 0.2) is 36.4 Å². The number of benzene rings is 1. The molecule has 4 atom stereocenters. The molecule has 0 unspecified atom stereocenters. The maximum atomic E-state index is 13.3. The summed E-state index contributed by atoms with van der Waals surface area (Å²) in [5, 5.41) is 3.03. The molecule has 1 fully saturated rings. The molecule has 0 radical (unpaired) electrons. The Labute approximate surface area is 185 Å². The van der Waals surface area contributed by atoms with E-state index in [1.54, 1.807) is 0 Å². The molecular formula is C25H34N2O4. The second kappa shape index (κ2) is 9.67. The van der Waals surface area contributed by atoms with Crippen molar-refractivity contribution in [2.45, 2.75) is 72.1 Å². The van der Waals surface area contributed by atoms with Gasteiger partial charge < -0.3 is 10.1 Å². The van der Waals surface area contributed by atoms with E-state index in [1.807, 2.05) is 71.0 Å². The zero-order valence-corrected chi connectivity index (χ0v) is 19.1. The zero-order chi connectivity index (χ0) is 22.7. The Kier molecular flexibility index (Phi) is 7.19. The van der Waals surface area contributed by atoms with E-state index in [1.165, 1.54) is 4.90 Å². The van der Waals surface area contributed by atoms with E-state index < -0.39 is 6.04 Å². The van der Waals surface area contributed by atoms with Crippen LogP contribution in [0, 0.1) is 17.8 Å². The quantitative estimate of drug-likeness (QED) is 0.503. The number of amides is 3. The lowest BCUT2D eigenvalue weighted by molar-refractivity contribution is -0.148. The van der Waals surface area contributed by atoms with E-state index in [9.17, 15) is 14.4 Å². The van der Waals surface area contributed by atoms with Crippen LogP contribution in [0.4, 0.5) is 0 Å². The number of hydrogen-bond donors (Lipinski definition) is 1. The molecular weight excluding hydrogens is 392 g/mol. The van der Waals surface area contributed by atoms with E-state index in [0.29, 0.717) is 19.3 Å². The van der Waals surface area contributed by atoms with E-state index in [0.717, 1.165) is 11.3 Å². The van der Waals surface area contributed by atoms with Crippen molar-refractivity contribution in [3.05, 3.63) is 42.0 Å². The summed E-state index contributed by atoms with van der Waals surface area (Å²) >= 11 is 0. The average molecular weight is 427 g/mol. The summed E-state index contributed by atoms with van der Waals surface area (Å²) < 4.78 is 5.76. The fourth-order valence-electron chi connectivity index (χ4n) is 4.43. The lowest BCUT2D eigenvalue weighted by atomic mass is 9.85. The highest BCUT2D eigenvalue weighted by Gasteiger charge is 2.51. The van der Waals surface area contributed by atoms with Crippen molar-refractivity contribution in [1.82, 2.24) is 10.2 Å². The molecule has 2 aliphatic rings. The number of fused-ring (bicyclic) bond motifs is 1. The smallest absolute Gasteiger partial charge is 0.243 e. The summed E-state index contributed by atoms with van der Waals surface area (Å²) in [4.78, 5) is 40.7. The highest BCUT2D eigenvalue weighted by atomic mass is 16.5. The van der Waals surface area contributed by atoms with Gasteiger partial charge in [0.1, 0.15) is 11.8 Å². The Morgan fingerprint density at radius 2 is 1.68 bits per heavy atom. The first-order valence-corrected chi connectivity index (χ1v) is 11.3. The van der Waals surface area contributed by atoms with E-state index >= 15 is 0 Å². The van der Waals surface area contributed by atoms with Crippen LogP contribution in [0.2, 0.25) is 0 Å². The fourth-order valence-corrected chi connectivity index (χ4v) is 4.43. The van der Waals surface area contributed by atoms with Crippen molar-refractivity contribution in [2.24, 2.45) is 17.8 Å². The molecule has 1 heterocycles. The van der Waals surface area contributed by atoms with E-state index in [4.69, 9.17) is 4.74 Å². The van der Waals surface area contributed by atoms with Crippen LogP contribution in [-0.4, -0.2) is 34.8 Å². The van der Waals surface area contributed by atoms with Crippen LogP contribution >= 0.6 is 0 Å². The van der Waals surface area contributed by atoms with Gasteiger partial charge in [0.05, 0.1) is 24.0 Å². The Morgan fingerprint density at radius 1 is 1.06 bits per heavy atom. The van der Waals surface area contributed by atoms with Crippen molar-refractivity contribution >= 4 is 17.7 Å². The number of nitrogens with one attached hydrogen (secondary N) is 1. The molecule has 0 spiro atoms. The minimum absolute atomic E-state index is 0.0563. The van der Waals surface area contributed by atoms with Gasteiger partial charge in [-0.15, -0.1) is 0 Å². The molecule has 31 heavy (non-hydrogen) atoms. The molecule has 1 aliphatic carbocycles. The van der Waals surface area contributed by atoms with Gasteiger partial charge in [0.15, 0.2) is 0 Å². The number of hydrogen-bond acceptors (Lipinski definition) is 4. The SMILES string of the molecule is CC(C)C[C@H](C(=O)N[C@H](C)c1cccc(OC(C)C)c1)N1C(=O)[C@@H]2CC=CC[C@H]2C1=O. The van der Waals surface area contributed by atoms with Gasteiger partial charge >= 0.3 is 0 Å². The van der Waals surface area contributed by atoms with Crippen LogP contribution in [0.5, 0.6) is 5.75 Å². The Hall–Kier alpha value is -2.63. The predicted octanol–water partition coefficient (Wildman–Crippen LogP) is 4.02. The zero-order valence-electron chi connectivity index (χ0n) is 19.1. The number of likely N-dealkylation sites (tertiary alicyclic amines) is 1. The van der Waals surface area contributed by atoms with E-state index in [2.05, 4.69) is 5.32 Å². The molecule has 1 aliphatic heterocycles. The number of carbonyl (C=O) groups is 3. The first-order valence-electron chi connectivity index (χ1n) is 11.3. The normalized spacial score (nSPS) is 22.6. The van der Waals surface area contributed by atoms with Gasteiger partial charge in [-0.05, 0) is 63.6 Å². The summed E-state index contributed by atoms with van der Waals surface area (Å²) in [7, 11) is 0. The van der Waals surface area contributed by atoms with Crippen LogP contribution < -0.4 is 10.1 Å². The topological polar surface area (TPSA) is 75.7 Å². The first-order chi connectivity index (χ1) is 14.7. The summed E-state index contributed by atoms with van der Waals surface area (Å²) in [6, 6.07) is 6.55. The van der Waals surface area contributed by atoms with Crippen LogP contribution in [0.3, 0.4) is 0 Å². The summed E-state index contributed by atoms with van der Waals surface area (Å²) in [5.41, 5.74) is 0.909. The highest BCUT2D eigenvalue weighted by molar-refractivity contribution is 6.08. The summed E-state index contributed by atoms with van der Waals surface area (Å²) in [5.74, 6) is -0.460. The number of carbonyl (C=O) groups excluding carboxylic acids is 3. The third-order valence-corrected chi connectivity index (χ3v) is 5.94. The molecule has 3 amide bonds. The van der Waals surface area contributed by atoms with Gasteiger partial charge in [0.2, 0.25) is 17.7 Å². The minimum Gasteiger partial charge on any atom is -0.491 e.